The number of ketones is 1. The van der Waals surface area contributed by atoms with Crippen molar-refractivity contribution in [2.75, 3.05) is 26.8 Å². The van der Waals surface area contributed by atoms with Gasteiger partial charge in [-0.15, -0.1) is 0 Å². The number of piperidine rings is 1. The number of hydrogen-bond acceptors (Lipinski definition) is 4. The highest BCUT2D eigenvalue weighted by Gasteiger charge is 2.38. The maximum atomic E-state index is 11.3. The fourth-order valence-electron chi connectivity index (χ4n) is 3.14. The molecule has 4 heteroatoms. The summed E-state index contributed by atoms with van der Waals surface area (Å²) in [4.78, 5) is 13.7. The molecule has 1 heterocycles. The summed E-state index contributed by atoms with van der Waals surface area (Å²) in [7, 11) is 1.67. The Balaban J connectivity index is 1.92. The Kier molecular flexibility index (Phi) is 5.73. The SMILES string of the molecule is COCC[C@]1(O)CCN(Cc2ccc(C(C)=O)cc2)C[C@H]1C. The second kappa shape index (κ2) is 7.36. The van der Waals surface area contributed by atoms with Crippen molar-refractivity contribution in [1.82, 2.24) is 4.90 Å². The summed E-state index contributed by atoms with van der Waals surface area (Å²) in [5, 5.41) is 10.7. The molecule has 1 aromatic rings. The number of carbonyl (C=O) groups excluding carboxylic acids is 1. The lowest BCUT2D eigenvalue weighted by Crippen LogP contribution is -2.51. The standard InChI is InChI=1S/C18H27NO3/c1-14-12-19(10-8-18(14,21)9-11-22-3)13-16-4-6-17(7-5-16)15(2)20/h4-7,14,21H,8-13H2,1-3H3/t14-,18-/m1/s1. The van der Waals surface area contributed by atoms with Crippen molar-refractivity contribution in [1.29, 1.82) is 0 Å². The number of methoxy groups -OCH3 is 1. The lowest BCUT2D eigenvalue weighted by atomic mass is 9.80. The van der Waals surface area contributed by atoms with Crippen molar-refractivity contribution >= 4 is 5.78 Å². The molecule has 0 spiro atoms. The van der Waals surface area contributed by atoms with Crippen LogP contribution in [0.15, 0.2) is 24.3 Å². The summed E-state index contributed by atoms with van der Waals surface area (Å²) in [6.07, 6.45) is 1.48. The van der Waals surface area contributed by atoms with Crippen LogP contribution in [0.3, 0.4) is 0 Å². The highest BCUT2D eigenvalue weighted by Crippen LogP contribution is 2.31. The molecule has 22 heavy (non-hydrogen) atoms. The van der Waals surface area contributed by atoms with Crippen LogP contribution in [0.4, 0.5) is 0 Å². The van der Waals surface area contributed by atoms with Crippen LogP contribution in [-0.4, -0.2) is 48.2 Å². The molecular formula is C18H27NO3. The average molecular weight is 305 g/mol. The molecule has 0 saturated carbocycles. The van der Waals surface area contributed by atoms with E-state index in [2.05, 4.69) is 11.8 Å². The first kappa shape index (κ1) is 17.1. The van der Waals surface area contributed by atoms with Gasteiger partial charge in [0.15, 0.2) is 5.78 Å². The predicted molar refractivity (Wildman–Crippen MR) is 86.9 cm³/mol. The van der Waals surface area contributed by atoms with Crippen molar-refractivity contribution in [3.8, 4) is 0 Å². The van der Waals surface area contributed by atoms with Crippen molar-refractivity contribution in [3.05, 3.63) is 35.4 Å². The molecule has 1 aliphatic rings. The Morgan fingerprint density at radius 3 is 2.64 bits per heavy atom. The molecule has 0 bridgehead atoms. The molecule has 2 atom stereocenters. The Bertz CT molecular complexity index is 500. The van der Waals surface area contributed by atoms with Crippen LogP contribution in [0, 0.1) is 5.92 Å². The summed E-state index contributed by atoms with van der Waals surface area (Å²) < 4.78 is 5.11. The largest absolute Gasteiger partial charge is 0.389 e. The molecule has 0 radical (unpaired) electrons. The zero-order chi connectivity index (χ0) is 16.2. The fraction of sp³-hybridized carbons (Fsp3) is 0.611. The van der Waals surface area contributed by atoms with Gasteiger partial charge in [-0.25, -0.2) is 0 Å². The maximum absolute atomic E-state index is 11.3. The summed E-state index contributed by atoms with van der Waals surface area (Å²) in [5.74, 6) is 0.328. The Labute approximate surface area is 133 Å². The lowest BCUT2D eigenvalue weighted by molar-refractivity contribution is -0.0827. The Hall–Kier alpha value is -1.23. The van der Waals surface area contributed by atoms with Gasteiger partial charge >= 0.3 is 0 Å². The van der Waals surface area contributed by atoms with Gasteiger partial charge in [-0.05, 0) is 31.2 Å². The Morgan fingerprint density at radius 2 is 2.09 bits per heavy atom. The van der Waals surface area contributed by atoms with E-state index >= 15 is 0 Å². The highest BCUT2D eigenvalue weighted by molar-refractivity contribution is 5.93. The van der Waals surface area contributed by atoms with Crippen LogP contribution in [0.2, 0.25) is 0 Å². The molecule has 1 saturated heterocycles. The summed E-state index contributed by atoms with van der Waals surface area (Å²) in [6.45, 7) is 6.94. The summed E-state index contributed by atoms with van der Waals surface area (Å²) in [6, 6.07) is 7.82. The number of ether oxygens (including phenoxy) is 1. The second-order valence-electron chi connectivity index (χ2n) is 6.49. The van der Waals surface area contributed by atoms with E-state index in [4.69, 9.17) is 4.74 Å². The van der Waals surface area contributed by atoms with Gasteiger partial charge < -0.3 is 9.84 Å². The van der Waals surface area contributed by atoms with Gasteiger partial charge in [-0.2, -0.15) is 0 Å². The van der Waals surface area contributed by atoms with E-state index in [0.29, 0.717) is 13.0 Å². The number of likely N-dealkylation sites (tertiary alicyclic amines) is 1. The van der Waals surface area contributed by atoms with E-state index in [1.54, 1.807) is 14.0 Å². The van der Waals surface area contributed by atoms with E-state index < -0.39 is 5.60 Å². The first-order valence-corrected chi connectivity index (χ1v) is 7.98. The minimum Gasteiger partial charge on any atom is -0.389 e. The van der Waals surface area contributed by atoms with Crippen LogP contribution in [0.1, 0.15) is 42.6 Å². The summed E-state index contributed by atoms with van der Waals surface area (Å²) in [5.41, 5.74) is 1.36. The second-order valence-corrected chi connectivity index (χ2v) is 6.49. The first-order valence-electron chi connectivity index (χ1n) is 7.98. The van der Waals surface area contributed by atoms with Gasteiger partial charge in [0.1, 0.15) is 0 Å². The third-order valence-electron chi connectivity index (χ3n) is 4.82. The molecule has 0 aliphatic carbocycles. The number of hydrogen-bond donors (Lipinski definition) is 1. The fourth-order valence-corrected chi connectivity index (χ4v) is 3.14. The van der Waals surface area contributed by atoms with Gasteiger partial charge in [0.05, 0.1) is 5.60 Å². The van der Waals surface area contributed by atoms with Crippen molar-refractivity contribution in [2.24, 2.45) is 5.92 Å². The smallest absolute Gasteiger partial charge is 0.159 e. The van der Waals surface area contributed by atoms with E-state index in [1.807, 2.05) is 24.3 Å². The molecular weight excluding hydrogens is 278 g/mol. The number of aliphatic hydroxyl groups is 1. The third-order valence-corrected chi connectivity index (χ3v) is 4.82. The van der Waals surface area contributed by atoms with Crippen LogP contribution >= 0.6 is 0 Å². The predicted octanol–water partition coefficient (Wildman–Crippen LogP) is 2.50. The first-order chi connectivity index (χ1) is 10.4. The molecule has 1 aromatic carbocycles. The molecule has 2 rings (SSSR count). The molecule has 0 amide bonds. The summed E-state index contributed by atoms with van der Waals surface area (Å²) >= 11 is 0. The number of rotatable bonds is 6. The maximum Gasteiger partial charge on any atom is 0.159 e. The quantitative estimate of drug-likeness (QED) is 0.821. The molecule has 1 aliphatic heterocycles. The molecule has 122 valence electrons. The van der Waals surface area contributed by atoms with E-state index in [9.17, 15) is 9.90 Å². The van der Waals surface area contributed by atoms with Crippen LogP contribution in [0.25, 0.3) is 0 Å². The van der Waals surface area contributed by atoms with Crippen molar-refractivity contribution in [3.63, 3.8) is 0 Å². The van der Waals surface area contributed by atoms with E-state index in [-0.39, 0.29) is 11.7 Å². The van der Waals surface area contributed by atoms with Gasteiger partial charge in [-0.1, -0.05) is 31.2 Å². The number of benzene rings is 1. The normalized spacial score (nSPS) is 26.1. The number of carbonyl (C=O) groups is 1. The highest BCUT2D eigenvalue weighted by atomic mass is 16.5. The average Bonchev–Trinajstić information content (AvgIpc) is 2.50. The van der Waals surface area contributed by atoms with Gasteiger partial charge in [0.2, 0.25) is 0 Å². The Morgan fingerprint density at radius 1 is 1.41 bits per heavy atom. The molecule has 0 unspecified atom stereocenters. The van der Waals surface area contributed by atoms with Gasteiger partial charge in [0, 0.05) is 38.9 Å². The van der Waals surface area contributed by atoms with Crippen molar-refractivity contribution < 1.29 is 14.6 Å². The van der Waals surface area contributed by atoms with Crippen LogP contribution in [-0.2, 0) is 11.3 Å². The number of nitrogens with zero attached hydrogens (tertiary/aromatic N) is 1. The monoisotopic (exact) mass is 305 g/mol. The minimum absolute atomic E-state index is 0.0985. The zero-order valence-corrected chi connectivity index (χ0v) is 13.8. The van der Waals surface area contributed by atoms with E-state index in [0.717, 1.165) is 31.6 Å². The zero-order valence-electron chi connectivity index (χ0n) is 13.8. The van der Waals surface area contributed by atoms with Gasteiger partial charge in [-0.3, -0.25) is 9.69 Å². The van der Waals surface area contributed by atoms with Crippen LogP contribution < -0.4 is 0 Å². The third kappa shape index (κ3) is 4.15. The molecule has 0 aromatic heterocycles. The molecule has 1 N–H and O–H groups in total. The minimum atomic E-state index is -0.606. The van der Waals surface area contributed by atoms with Gasteiger partial charge in [0.25, 0.3) is 0 Å². The van der Waals surface area contributed by atoms with Crippen molar-refractivity contribution in [2.45, 2.75) is 38.8 Å². The van der Waals surface area contributed by atoms with E-state index in [1.165, 1.54) is 5.56 Å². The van der Waals surface area contributed by atoms with Crippen LogP contribution in [0.5, 0.6) is 0 Å². The molecule has 1 fully saturated rings. The topological polar surface area (TPSA) is 49.8 Å². The lowest BCUT2D eigenvalue weighted by Gasteiger charge is -2.43. The number of Topliss-reactive ketones (excluding diaryl/α,β-unsaturated/α-hetero) is 1. The molecule has 4 nitrogen and oxygen atoms in total.